The second-order valence-corrected chi connectivity index (χ2v) is 4.41. The zero-order valence-corrected chi connectivity index (χ0v) is 9.03. The van der Waals surface area contributed by atoms with Gasteiger partial charge < -0.3 is 9.88 Å². The van der Waals surface area contributed by atoms with Crippen LogP contribution in [0, 0.1) is 5.92 Å². The van der Waals surface area contributed by atoms with Gasteiger partial charge in [0.05, 0.1) is 0 Å². The Hall–Kier alpha value is -0.830. The van der Waals surface area contributed by atoms with E-state index >= 15 is 0 Å². The normalized spacial score (nSPS) is 27.9. The van der Waals surface area contributed by atoms with E-state index in [1.54, 1.807) is 0 Å². The maximum atomic E-state index is 4.36. The maximum Gasteiger partial charge on any atom is 0.108 e. The molecular weight excluding hydrogens is 174 g/mol. The first-order valence-corrected chi connectivity index (χ1v) is 5.45. The predicted octanol–water partition coefficient (Wildman–Crippen LogP) is 1.35. The summed E-state index contributed by atoms with van der Waals surface area (Å²) in [7, 11) is 2.07. The zero-order valence-electron chi connectivity index (χ0n) is 9.03. The number of nitrogens with zero attached hydrogens (tertiary/aromatic N) is 2. The van der Waals surface area contributed by atoms with Crippen LogP contribution in [0.25, 0.3) is 0 Å². The topological polar surface area (TPSA) is 29.9 Å². The largest absolute Gasteiger partial charge is 0.338 e. The Balaban J connectivity index is 1.89. The summed E-state index contributed by atoms with van der Waals surface area (Å²) in [6, 6.07) is 0.702. The highest BCUT2D eigenvalue weighted by Gasteiger charge is 2.18. The third-order valence-electron chi connectivity index (χ3n) is 3.16. The van der Waals surface area contributed by atoms with E-state index in [9.17, 15) is 0 Å². The molecule has 1 aliphatic heterocycles. The second kappa shape index (κ2) is 4.13. The Morgan fingerprint density at radius 1 is 1.57 bits per heavy atom. The molecule has 1 aliphatic rings. The summed E-state index contributed by atoms with van der Waals surface area (Å²) in [6.45, 7) is 3.41. The van der Waals surface area contributed by atoms with Gasteiger partial charge in [0, 0.05) is 31.9 Å². The van der Waals surface area contributed by atoms with E-state index in [2.05, 4.69) is 28.8 Å². The first-order chi connectivity index (χ1) is 6.75. The summed E-state index contributed by atoms with van der Waals surface area (Å²) >= 11 is 0. The van der Waals surface area contributed by atoms with Crippen molar-refractivity contribution in [1.82, 2.24) is 14.9 Å². The summed E-state index contributed by atoms with van der Waals surface area (Å²) in [5.74, 6) is 1.98. The molecule has 0 aromatic carbocycles. The molecule has 78 valence electrons. The second-order valence-electron chi connectivity index (χ2n) is 4.41. The van der Waals surface area contributed by atoms with Crippen molar-refractivity contribution < 1.29 is 0 Å². The van der Waals surface area contributed by atoms with Crippen molar-refractivity contribution in [3.05, 3.63) is 18.2 Å². The standard InChI is InChI=1S/C11H19N3/c1-9-3-4-10(8-13-9)7-11-12-5-6-14(11)2/h5-6,9-10,13H,3-4,7-8H2,1-2H3. The van der Waals surface area contributed by atoms with Crippen LogP contribution in [0.1, 0.15) is 25.6 Å². The van der Waals surface area contributed by atoms with Crippen molar-refractivity contribution in [2.24, 2.45) is 13.0 Å². The van der Waals surface area contributed by atoms with Gasteiger partial charge in [-0.3, -0.25) is 0 Å². The van der Waals surface area contributed by atoms with Gasteiger partial charge in [0.2, 0.25) is 0 Å². The smallest absolute Gasteiger partial charge is 0.108 e. The van der Waals surface area contributed by atoms with Gasteiger partial charge >= 0.3 is 0 Å². The van der Waals surface area contributed by atoms with Gasteiger partial charge in [0.1, 0.15) is 5.82 Å². The average molecular weight is 193 g/mol. The van der Waals surface area contributed by atoms with Crippen LogP contribution in [-0.2, 0) is 13.5 Å². The summed E-state index contributed by atoms with van der Waals surface area (Å²) in [4.78, 5) is 4.36. The highest BCUT2D eigenvalue weighted by molar-refractivity contribution is 4.94. The van der Waals surface area contributed by atoms with Crippen LogP contribution < -0.4 is 5.32 Å². The molecule has 2 atom stereocenters. The number of nitrogens with one attached hydrogen (secondary N) is 1. The summed E-state index contributed by atoms with van der Waals surface area (Å²) in [5.41, 5.74) is 0. The van der Waals surface area contributed by atoms with Gasteiger partial charge in [-0.2, -0.15) is 0 Å². The lowest BCUT2D eigenvalue weighted by Crippen LogP contribution is -2.37. The molecule has 0 amide bonds. The Labute approximate surface area is 85.5 Å². The van der Waals surface area contributed by atoms with E-state index in [1.165, 1.54) is 18.7 Å². The minimum atomic E-state index is 0.702. The summed E-state index contributed by atoms with van der Waals surface area (Å²) in [5, 5.41) is 3.53. The number of hydrogen-bond donors (Lipinski definition) is 1. The fourth-order valence-corrected chi connectivity index (χ4v) is 2.08. The van der Waals surface area contributed by atoms with Crippen LogP contribution in [0.5, 0.6) is 0 Å². The van der Waals surface area contributed by atoms with Gasteiger partial charge in [-0.25, -0.2) is 4.98 Å². The number of rotatable bonds is 2. The zero-order chi connectivity index (χ0) is 9.97. The molecule has 1 aromatic heterocycles. The molecule has 1 N–H and O–H groups in total. The molecule has 3 heteroatoms. The van der Waals surface area contributed by atoms with E-state index in [0.29, 0.717) is 6.04 Å². The molecule has 0 radical (unpaired) electrons. The fraction of sp³-hybridized carbons (Fsp3) is 0.727. The molecule has 2 rings (SSSR count). The fourth-order valence-electron chi connectivity index (χ4n) is 2.08. The number of imidazole rings is 1. The van der Waals surface area contributed by atoms with Crippen molar-refractivity contribution in [2.75, 3.05) is 6.54 Å². The number of hydrogen-bond acceptors (Lipinski definition) is 2. The quantitative estimate of drug-likeness (QED) is 0.768. The van der Waals surface area contributed by atoms with E-state index < -0.39 is 0 Å². The molecule has 2 heterocycles. The van der Waals surface area contributed by atoms with E-state index in [4.69, 9.17) is 0 Å². The number of aromatic nitrogens is 2. The summed E-state index contributed by atoms with van der Waals surface area (Å²) < 4.78 is 2.12. The molecule has 1 fully saturated rings. The summed E-state index contributed by atoms with van der Waals surface area (Å²) in [6.07, 6.45) is 7.65. The molecule has 1 saturated heterocycles. The van der Waals surface area contributed by atoms with Crippen molar-refractivity contribution in [1.29, 1.82) is 0 Å². The molecular formula is C11H19N3. The van der Waals surface area contributed by atoms with E-state index in [0.717, 1.165) is 18.9 Å². The van der Waals surface area contributed by atoms with Crippen LogP contribution in [0.4, 0.5) is 0 Å². The number of piperidine rings is 1. The molecule has 1 aromatic rings. The highest BCUT2D eigenvalue weighted by Crippen LogP contribution is 2.17. The average Bonchev–Trinajstić information content (AvgIpc) is 2.56. The van der Waals surface area contributed by atoms with Crippen molar-refractivity contribution >= 4 is 0 Å². The minimum Gasteiger partial charge on any atom is -0.338 e. The van der Waals surface area contributed by atoms with Crippen LogP contribution in [0.2, 0.25) is 0 Å². The van der Waals surface area contributed by atoms with Crippen molar-refractivity contribution in [3.8, 4) is 0 Å². The van der Waals surface area contributed by atoms with Crippen molar-refractivity contribution in [2.45, 2.75) is 32.2 Å². The first kappa shape index (κ1) is 9.71. The lowest BCUT2D eigenvalue weighted by molar-refractivity contribution is 0.317. The first-order valence-electron chi connectivity index (χ1n) is 5.45. The maximum absolute atomic E-state index is 4.36. The van der Waals surface area contributed by atoms with E-state index in [1.807, 2.05) is 12.4 Å². The minimum absolute atomic E-state index is 0.702. The molecule has 0 aliphatic carbocycles. The van der Waals surface area contributed by atoms with E-state index in [-0.39, 0.29) is 0 Å². The Kier molecular flexibility index (Phi) is 2.87. The highest BCUT2D eigenvalue weighted by atomic mass is 15.0. The third-order valence-corrected chi connectivity index (χ3v) is 3.16. The molecule has 0 saturated carbocycles. The number of aryl methyl sites for hydroxylation is 1. The van der Waals surface area contributed by atoms with Crippen LogP contribution in [0.15, 0.2) is 12.4 Å². The third kappa shape index (κ3) is 2.15. The van der Waals surface area contributed by atoms with Crippen molar-refractivity contribution in [3.63, 3.8) is 0 Å². The van der Waals surface area contributed by atoms with Crippen LogP contribution in [0.3, 0.4) is 0 Å². The molecule has 14 heavy (non-hydrogen) atoms. The molecule has 3 nitrogen and oxygen atoms in total. The van der Waals surface area contributed by atoms with Gasteiger partial charge in [-0.15, -0.1) is 0 Å². The predicted molar refractivity (Wildman–Crippen MR) is 57.1 cm³/mol. The lowest BCUT2D eigenvalue weighted by Gasteiger charge is -2.27. The monoisotopic (exact) mass is 193 g/mol. The van der Waals surface area contributed by atoms with Crippen LogP contribution in [-0.4, -0.2) is 22.1 Å². The van der Waals surface area contributed by atoms with Gasteiger partial charge in [0.15, 0.2) is 0 Å². The van der Waals surface area contributed by atoms with Crippen LogP contribution >= 0.6 is 0 Å². The molecule has 2 unspecified atom stereocenters. The Morgan fingerprint density at radius 2 is 2.43 bits per heavy atom. The SMILES string of the molecule is CC1CCC(Cc2nccn2C)CN1. The molecule has 0 spiro atoms. The van der Waals surface area contributed by atoms with Gasteiger partial charge in [-0.05, 0) is 32.2 Å². The van der Waals surface area contributed by atoms with Gasteiger partial charge in [-0.1, -0.05) is 0 Å². The van der Waals surface area contributed by atoms with Gasteiger partial charge in [0.25, 0.3) is 0 Å². The Morgan fingerprint density at radius 3 is 3.00 bits per heavy atom. The molecule has 0 bridgehead atoms. The Bertz CT molecular complexity index is 284. The lowest BCUT2D eigenvalue weighted by atomic mass is 9.92.